The number of hydrogen-bond acceptors (Lipinski definition) is 5. The van der Waals surface area contributed by atoms with Gasteiger partial charge in [-0.3, -0.25) is 4.90 Å². The summed E-state index contributed by atoms with van der Waals surface area (Å²) in [6, 6.07) is 0. The molecule has 0 aliphatic heterocycles. The van der Waals surface area contributed by atoms with Gasteiger partial charge < -0.3 is 10.2 Å². The summed E-state index contributed by atoms with van der Waals surface area (Å²) in [5.41, 5.74) is 0. The lowest BCUT2D eigenvalue weighted by atomic mass is 10.5. The number of likely N-dealkylation sites (N-methyl/N-ethyl adjacent to an activating group) is 1. The minimum Gasteiger partial charge on any atom is -0.394 e. The van der Waals surface area contributed by atoms with E-state index >= 15 is 0 Å². The van der Waals surface area contributed by atoms with Crippen molar-refractivity contribution in [2.24, 2.45) is 0 Å². The van der Waals surface area contributed by atoms with Crippen molar-refractivity contribution >= 4 is 25.3 Å². The van der Waals surface area contributed by atoms with Crippen molar-refractivity contribution < 1.29 is 10.2 Å². The second-order valence-corrected chi connectivity index (χ2v) is 3.18. The molecule has 62 valence electrons. The quantitative estimate of drug-likeness (QED) is 0.348. The van der Waals surface area contributed by atoms with Gasteiger partial charge in [-0.1, -0.05) is 0 Å². The van der Waals surface area contributed by atoms with Crippen LogP contribution in [0, 0.1) is 0 Å². The van der Waals surface area contributed by atoms with Crippen molar-refractivity contribution in [3.63, 3.8) is 0 Å². The molecule has 0 saturated heterocycles. The van der Waals surface area contributed by atoms with E-state index in [2.05, 4.69) is 25.3 Å². The molecule has 0 bridgehead atoms. The number of thiol groups is 2. The summed E-state index contributed by atoms with van der Waals surface area (Å²) in [7, 11) is 1.74. The van der Waals surface area contributed by atoms with Crippen molar-refractivity contribution in [1.29, 1.82) is 0 Å². The number of aliphatic hydroxyl groups is 2. The second-order valence-electron chi connectivity index (χ2n) is 1.99. The Kier molecular flexibility index (Phi) is 5.56. The lowest BCUT2D eigenvalue weighted by Gasteiger charge is -2.26. The largest absolute Gasteiger partial charge is 0.394 e. The van der Waals surface area contributed by atoms with Gasteiger partial charge in [0.2, 0.25) is 0 Å². The first kappa shape index (κ1) is 10.6. The molecule has 0 heterocycles. The Bertz CT molecular complexity index is 83.7. The van der Waals surface area contributed by atoms with E-state index in [9.17, 15) is 0 Å². The summed E-state index contributed by atoms with van der Waals surface area (Å²) in [4.78, 5) is 1.67. The number of nitrogens with zero attached hydrogens (tertiary/aromatic N) is 1. The van der Waals surface area contributed by atoms with Gasteiger partial charge >= 0.3 is 0 Å². The molecule has 0 amide bonds. The lowest BCUT2D eigenvalue weighted by molar-refractivity contribution is 0.155. The highest BCUT2D eigenvalue weighted by Crippen LogP contribution is 2.07. The van der Waals surface area contributed by atoms with E-state index in [1.165, 1.54) is 0 Å². The van der Waals surface area contributed by atoms with Crippen LogP contribution in [0.15, 0.2) is 0 Å². The molecule has 0 aromatic rings. The fourth-order valence-electron chi connectivity index (χ4n) is 0.456. The van der Waals surface area contributed by atoms with Gasteiger partial charge in [0.25, 0.3) is 0 Å². The average Bonchev–Trinajstić information content (AvgIpc) is 2.00. The number of hydrogen-bond donors (Lipinski definition) is 4. The zero-order valence-corrected chi connectivity index (χ0v) is 7.59. The molecule has 0 aromatic carbocycles. The van der Waals surface area contributed by atoms with Crippen LogP contribution in [0.3, 0.4) is 0 Å². The van der Waals surface area contributed by atoms with Crippen molar-refractivity contribution in [3.05, 3.63) is 0 Å². The minimum atomic E-state index is -0.255. The molecule has 0 aliphatic carbocycles. The molecule has 2 N–H and O–H groups in total. The van der Waals surface area contributed by atoms with Gasteiger partial charge in [-0.05, 0) is 7.05 Å². The molecule has 2 unspecified atom stereocenters. The van der Waals surface area contributed by atoms with Crippen LogP contribution >= 0.6 is 25.3 Å². The van der Waals surface area contributed by atoms with Crippen LogP contribution in [-0.4, -0.2) is 46.1 Å². The summed E-state index contributed by atoms with van der Waals surface area (Å²) in [6.45, 7) is -0.0899. The van der Waals surface area contributed by atoms with Crippen LogP contribution in [0.25, 0.3) is 0 Å². The van der Waals surface area contributed by atoms with Crippen LogP contribution in [-0.2, 0) is 0 Å². The monoisotopic (exact) mass is 183 g/mol. The maximum Gasteiger partial charge on any atom is 0.0769 e. The molecule has 0 saturated carbocycles. The lowest BCUT2D eigenvalue weighted by Crippen LogP contribution is -2.38. The smallest absolute Gasteiger partial charge is 0.0769 e. The highest BCUT2D eigenvalue weighted by Gasteiger charge is 2.14. The SMILES string of the molecule is CN(C(S)CO)C(S)CO. The van der Waals surface area contributed by atoms with E-state index < -0.39 is 0 Å². The van der Waals surface area contributed by atoms with E-state index in [-0.39, 0.29) is 24.0 Å². The topological polar surface area (TPSA) is 43.7 Å². The summed E-state index contributed by atoms with van der Waals surface area (Å²) < 4.78 is 0. The fourth-order valence-corrected chi connectivity index (χ4v) is 0.883. The maximum atomic E-state index is 8.62. The molecule has 0 aromatic heterocycles. The molecular weight excluding hydrogens is 170 g/mol. The van der Waals surface area contributed by atoms with Crippen LogP contribution in [0.4, 0.5) is 0 Å². The molecule has 3 nitrogen and oxygen atoms in total. The van der Waals surface area contributed by atoms with Crippen molar-refractivity contribution in [2.75, 3.05) is 20.3 Å². The average molecular weight is 183 g/mol. The molecule has 0 rings (SSSR count). The summed E-state index contributed by atoms with van der Waals surface area (Å²) >= 11 is 8.07. The molecular formula is C5H13NO2S2. The fraction of sp³-hybridized carbons (Fsp3) is 1.00. The number of rotatable bonds is 4. The summed E-state index contributed by atoms with van der Waals surface area (Å²) in [5, 5.41) is 16.7. The Morgan fingerprint density at radius 2 is 1.50 bits per heavy atom. The zero-order chi connectivity index (χ0) is 8.15. The van der Waals surface area contributed by atoms with Crippen LogP contribution < -0.4 is 0 Å². The molecule has 0 fully saturated rings. The van der Waals surface area contributed by atoms with E-state index in [0.29, 0.717) is 0 Å². The Balaban J connectivity index is 3.69. The Hall–Kier alpha value is 0.580. The minimum absolute atomic E-state index is 0.0450. The predicted molar refractivity (Wildman–Crippen MR) is 47.5 cm³/mol. The van der Waals surface area contributed by atoms with Crippen molar-refractivity contribution in [2.45, 2.75) is 10.7 Å². The van der Waals surface area contributed by atoms with Crippen molar-refractivity contribution in [3.8, 4) is 0 Å². The summed E-state index contributed by atoms with van der Waals surface area (Å²) in [6.07, 6.45) is 0. The maximum absolute atomic E-state index is 8.62. The summed E-state index contributed by atoms with van der Waals surface area (Å²) in [5.74, 6) is 0. The molecule has 0 aliphatic rings. The molecule has 2 atom stereocenters. The molecule has 0 radical (unpaired) electrons. The van der Waals surface area contributed by atoms with Crippen LogP contribution in [0.1, 0.15) is 0 Å². The molecule has 10 heavy (non-hydrogen) atoms. The standard InChI is InChI=1S/C5H13NO2S2/c1-6(4(9)2-7)5(10)3-8/h4-5,7-10H,2-3H2,1H3. The van der Waals surface area contributed by atoms with Crippen molar-refractivity contribution in [1.82, 2.24) is 4.90 Å². The van der Waals surface area contributed by atoms with Gasteiger partial charge in [0.15, 0.2) is 0 Å². The highest BCUT2D eigenvalue weighted by atomic mass is 32.1. The van der Waals surface area contributed by atoms with Gasteiger partial charge in [0.05, 0.1) is 24.0 Å². The third kappa shape index (κ3) is 3.12. The molecule has 5 heteroatoms. The third-order valence-corrected chi connectivity index (χ3v) is 2.32. The van der Waals surface area contributed by atoms with Crippen LogP contribution in [0.5, 0.6) is 0 Å². The second kappa shape index (κ2) is 5.26. The third-order valence-electron chi connectivity index (χ3n) is 1.27. The van der Waals surface area contributed by atoms with E-state index in [0.717, 1.165) is 0 Å². The highest BCUT2D eigenvalue weighted by molar-refractivity contribution is 7.81. The first-order valence-corrected chi connectivity index (χ1v) is 3.96. The van der Waals surface area contributed by atoms with Crippen LogP contribution in [0.2, 0.25) is 0 Å². The van der Waals surface area contributed by atoms with Gasteiger partial charge in [0, 0.05) is 0 Å². The Labute approximate surface area is 71.9 Å². The first-order valence-electron chi connectivity index (χ1n) is 2.93. The van der Waals surface area contributed by atoms with Gasteiger partial charge in [0.1, 0.15) is 0 Å². The Morgan fingerprint density at radius 3 is 1.70 bits per heavy atom. The van der Waals surface area contributed by atoms with E-state index in [4.69, 9.17) is 10.2 Å². The first-order chi connectivity index (χ1) is 4.63. The molecule has 0 spiro atoms. The number of aliphatic hydroxyl groups excluding tert-OH is 2. The van der Waals surface area contributed by atoms with Gasteiger partial charge in [-0.15, -0.1) is 0 Å². The van der Waals surface area contributed by atoms with E-state index in [1.807, 2.05) is 0 Å². The van der Waals surface area contributed by atoms with Gasteiger partial charge in [-0.25, -0.2) is 0 Å². The Morgan fingerprint density at radius 1 is 1.20 bits per heavy atom. The van der Waals surface area contributed by atoms with E-state index in [1.54, 1.807) is 11.9 Å². The van der Waals surface area contributed by atoms with Gasteiger partial charge in [-0.2, -0.15) is 25.3 Å². The predicted octanol–water partition coefficient (Wildman–Crippen LogP) is -0.585. The normalized spacial score (nSPS) is 17.4. The zero-order valence-electron chi connectivity index (χ0n) is 5.80.